The van der Waals surface area contributed by atoms with Crippen LogP contribution in [0.2, 0.25) is 0 Å². The quantitative estimate of drug-likeness (QED) is 0.300. The molecule has 35 heavy (non-hydrogen) atoms. The van der Waals surface area contributed by atoms with Crippen molar-refractivity contribution in [3.63, 3.8) is 0 Å². The Kier molecular flexibility index (Phi) is 8.91. The summed E-state index contributed by atoms with van der Waals surface area (Å²) in [4.78, 5) is 12.9. The zero-order valence-corrected chi connectivity index (χ0v) is 19.6. The predicted molar refractivity (Wildman–Crippen MR) is 129 cm³/mol. The van der Waals surface area contributed by atoms with E-state index in [1.54, 1.807) is 0 Å². The van der Waals surface area contributed by atoms with Crippen molar-refractivity contribution in [2.45, 2.75) is 30.4 Å². The molecule has 0 saturated carbocycles. The third-order valence-corrected chi connectivity index (χ3v) is 6.86. The van der Waals surface area contributed by atoms with Gasteiger partial charge in [-0.05, 0) is 48.7 Å². The normalized spacial score (nSPS) is 13.2. The van der Waals surface area contributed by atoms with Crippen LogP contribution in [0.4, 0.5) is 14.5 Å². The summed E-state index contributed by atoms with van der Waals surface area (Å²) in [5.41, 5.74) is 6.96. The highest BCUT2D eigenvalue weighted by atomic mass is 32.2. The van der Waals surface area contributed by atoms with Crippen molar-refractivity contribution in [2.75, 3.05) is 12.3 Å². The zero-order chi connectivity index (χ0) is 25.4. The Labute approximate surface area is 203 Å². The number of rotatable bonds is 11. The molecule has 3 rings (SSSR count). The van der Waals surface area contributed by atoms with E-state index in [9.17, 15) is 27.1 Å². The van der Waals surface area contributed by atoms with Gasteiger partial charge in [-0.25, -0.2) is 21.9 Å². The predicted octanol–water partition coefficient (Wildman–Crippen LogP) is 2.75. The lowest BCUT2D eigenvalue weighted by molar-refractivity contribution is -0.126. The van der Waals surface area contributed by atoms with Gasteiger partial charge >= 0.3 is 0 Å². The second-order valence-electron chi connectivity index (χ2n) is 8.15. The number of hydrogen-bond acceptors (Lipinski definition) is 5. The summed E-state index contributed by atoms with van der Waals surface area (Å²) >= 11 is 0. The second-order valence-corrected chi connectivity index (χ2v) is 9.92. The van der Waals surface area contributed by atoms with Gasteiger partial charge in [0.05, 0.1) is 11.0 Å². The summed E-state index contributed by atoms with van der Waals surface area (Å²) in [6, 6.07) is 17.8. The van der Waals surface area contributed by atoms with Gasteiger partial charge in [0.2, 0.25) is 15.9 Å². The van der Waals surface area contributed by atoms with Crippen molar-refractivity contribution in [3.8, 4) is 0 Å². The SMILES string of the molecule is Nc1ccc(S(=O)(=O)NC[C@@H](O)C[C@H](Cc2ccccc2)C(=O)NCc2ccc(F)cc2F)cc1. The summed E-state index contributed by atoms with van der Waals surface area (Å²) in [6.07, 6.45) is -0.933. The molecule has 0 fully saturated rings. The molecule has 0 bridgehead atoms. The topological polar surface area (TPSA) is 122 Å². The van der Waals surface area contributed by atoms with Crippen LogP contribution in [0.3, 0.4) is 0 Å². The number of anilines is 1. The Bertz CT molecular complexity index is 1240. The van der Waals surface area contributed by atoms with Crippen LogP contribution in [-0.4, -0.2) is 32.1 Å². The van der Waals surface area contributed by atoms with Crippen molar-refractivity contribution in [2.24, 2.45) is 5.92 Å². The number of halogens is 2. The molecular weight excluding hydrogens is 476 g/mol. The maximum Gasteiger partial charge on any atom is 0.240 e. The summed E-state index contributed by atoms with van der Waals surface area (Å²) < 4.78 is 54.3. The van der Waals surface area contributed by atoms with Crippen LogP contribution in [0.5, 0.6) is 0 Å². The molecule has 10 heteroatoms. The molecule has 0 aliphatic carbocycles. The Morgan fingerprint density at radius 1 is 1.00 bits per heavy atom. The van der Waals surface area contributed by atoms with Crippen molar-refractivity contribution in [3.05, 3.63) is 95.6 Å². The lowest BCUT2D eigenvalue weighted by Gasteiger charge is -2.21. The molecular formula is C25H27F2N3O4S. The molecule has 3 aromatic carbocycles. The highest BCUT2D eigenvalue weighted by Crippen LogP contribution is 2.17. The first-order valence-corrected chi connectivity index (χ1v) is 12.4. The number of aliphatic hydroxyl groups excluding tert-OH is 1. The lowest BCUT2D eigenvalue weighted by Crippen LogP contribution is -2.38. The maximum absolute atomic E-state index is 13.9. The van der Waals surface area contributed by atoms with Gasteiger partial charge in [0.25, 0.3) is 0 Å². The number of amides is 1. The summed E-state index contributed by atoms with van der Waals surface area (Å²) in [5.74, 6) is -2.67. The minimum atomic E-state index is -3.88. The molecule has 0 aliphatic heterocycles. The van der Waals surface area contributed by atoms with E-state index >= 15 is 0 Å². The summed E-state index contributed by atoms with van der Waals surface area (Å²) in [7, 11) is -3.88. The minimum Gasteiger partial charge on any atom is -0.399 e. The zero-order valence-electron chi connectivity index (χ0n) is 18.8. The van der Waals surface area contributed by atoms with Crippen molar-refractivity contribution < 1.29 is 27.1 Å². The molecule has 0 aromatic heterocycles. The number of carbonyl (C=O) groups excluding carboxylic acids is 1. The number of carbonyl (C=O) groups is 1. The molecule has 0 saturated heterocycles. The number of nitrogens with one attached hydrogen (secondary N) is 2. The Hall–Kier alpha value is -3.34. The smallest absolute Gasteiger partial charge is 0.240 e. The van der Waals surface area contributed by atoms with Crippen LogP contribution >= 0.6 is 0 Å². The van der Waals surface area contributed by atoms with Crippen LogP contribution in [0.1, 0.15) is 17.5 Å². The van der Waals surface area contributed by atoms with Crippen molar-refractivity contribution in [1.29, 1.82) is 0 Å². The largest absolute Gasteiger partial charge is 0.399 e. The molecule has 1 amide bonds. The van der Waals surface area contributed by atoms with E-state index in [0.29, 0.717) is 5.69 Å². The number of benzene rings is 3. The van der Waals surface area contributed by atoms with Crippen molar-refractivity contribution >= 4 is 21.6 Å². The molecule has 0 unspecified atom stereocenters. The van der Waals surface area contributed by atoms with Crippen molar-refractivity contribution in [1.82, 2.24) is 10.0 Å². The Balaban J connectivity index is 1.65. The molecule has 3 aromatic rings. The van der Waals surface area contributed by atoms with Gasteiger partial charge in [-0.3, -0.25) is 4.79 Å². The molecule has 0 radical (unpaired) electrons. The average Bonchev–Trinajstić information content (AvgIpc) is 2.82. The number of sulfonamides is 1. The molecule has 0 aliphatic rings. The van der Waals surface area contributed by atoms with E-state index in [0.717, 1.165) is 17.7 Å². The van der Waals surface area contributed by atoms with Crippen LogP contribution in [0, 0.1) is 17.6 Å². The minimum absolute atomic E-state index is 0.00111. The van der Waals surface area contributed by atoms with Gasteiger partial charge in [-0.15, -0.1) is 0 Å². The van der Waals surface area contributed by atoms with E-state index in [1.807, 2.05) is 30.3 Å². The first-order valence-electron chi connectivity index (χ1n) is 10.9. The van der Waals surface area contributed by atoms with E-state index in [2.05, 4.69) is 10.0 Å². The number of nitrogens with two attached hydrogens (primary N) is 1. The molecule has 2 atom stereocenters. The van der Waals surface area contributed by atoms with Gasteiger partial charge in [-0.1, -0.05) is 36.4 Å². The fraction of sp³-hybridized carbons (Fsp3) is 0.240. The monoisotopic (exact) mass is 503 g/mol. The number of hydrogen-bond donors (Lipinski definition) is 4. The fourth-order valence-electron chi connectivity index (χ4n) is 3.52. The van der Waals surface area contributed by atoms with E-state index in [4.69, 9.17) is 5.73 Å². The third kappa shape index (κ3) is 7.84. The van der Waals surface area contributed by atoms with Gasteiger partial charge in [0.1, 0.15) is 11.6 Å². The average molecular weight is 504 g/mol. The first kappa shape index (κ1) is 26.3. The fourth-order valence-corrected chi connectivity index (χ4v) is 4.59. The summed E-state index contributed by atoms with van der Waals surface area (Å²) in [5, 5.41) is 13.2. The molecule has 5 N–H and O–H groups in total. The molecule has 0 spiro atoms. The Morgan fingerprint density at radius 2 is 1.69 bits per heavy atom. The van der Waals surface area contributed by atoms with Gasteiger partial charge in [-0.2, -0.15) is 0 Å². The lowest BCUT2D eigenvalue weighted by atomic mass is 9.92. The molecule has 186 valence electrons. The van der Waals surface area contributed by atoms with Gasteiger partial charge in [0.15, 0.2) is 0 Å². The third-order valence-electron chi connectivity index (χ3n) is 5.42. The van der Waals surface area contributed by atoms with E-state index < -0.39 is 39.6 Å². The highest BCUT2D eigenvalue weighted by Gasteiger charge is 2.24. The standard InChI is InChI=1S/C25H27F2N3O4S/c26-20-7-6-18(24(27)14-20)15-29-25(32)19(12-17-4-2-1-3-5-17)13-22(31)16-30-35(33,34)23-10-8-21(28)9-11-23/h1-11,14,19,22,30-31H,12-13,15-16,28H2,(H,29,32)/t19-,22-/m0/s1. The summed E-state index contributed by atoms with van der Waals surface area (Å²) in [6.45, 7) is -0.464. The van der Waals surface area contributed by atoms with Crippen LogP contribution in [0.15, 0.2) is 77.7 Å². The second kappa shape index (κ2) is 11.9. The maximum atomic E-state index is 13.9. The van der Waals surface area contributed by atoms with Gasteiger partial charge < -0.3 is 16.2 Å². The van der Waals surface area contributed by atoms with Crippen LogP contribution < -0.4 is 15.8 Å². The van der Waals surface area contributed by atoms with E-state index in [1.165, 1.54) is 30.3 Å². The number of aliphatic hydroxyl groups is 1. The molecule has 0 heterocycles. The highest BCUT2D eigenvalue weighted by molar-refractivity contribution is 7.89. The van der Waals surface area contributed by atoms with Gasteiger partial charge in [0, 0.05) is 36.3 Å². The Morgan fingerprint density at radius 3 is 2.34 bits per heavy atom. The molecule has 7 nitrogen and oxygen atoms in total. The van der Waals surface area contributed by atoms with E-state index in [-0.39, 0.29) is 36.4 Å². The number of nitrogen functional groups attached to an aromatic ring is 1. The van der Waals surface area contributed by atoms with Crippen LogP contribution in [0.25, 0.3) is 0 Å². The van der Waals surface area contributed by atoms with Crippen LogP contribution in [-0.2, 0) is 27.8 Å². The first-order chi connectivity index (χ1) is 16.6.